The summed E-state index contributed by atoms with van der Waals surface area (Å²) in [7, 11) is -24.0. The molecule has 2 aromatic heterocycles. The van der Waals surface area contributed by atoms with Gasteiger partial charge in [0.2, 0.25) is 5.69 Å². The minimum Gasteiger partial charge on any atom is -0.481 e. The van der Waals surface area contributed by atoms with Crippen LogP contribution in [-0.4, -0.2) is 105 Å². The number of carbonyl (C=O) groups is 1. The minimum atomic E-state index is -4.99. The van der Waals surface area contributed by atoms with Crippen LogP contribution in [0.25, 0.3) is 20.2 Å². The van der Waals surface area contributed by atoms with Gasteiger partial charge < -0.3 is 10.0 Å². The fraction of sp³-hybridized carbons (Fsp3) is 0.368. The first-order valence-electron chi connectivity index (χ1n) is 19.0. The van der Waals surface area contributed by atoms with Crippen molar-refractivity contribution >= 4 is 116 Å². The molecule has 2 aliphatic heterocycles. The van der Waals surface area contributed by atoms with Gasteiger partial charge in [-0.05, 0) is 69.0 Å². The van der Waals surface area contributed by atoms with Gasteiger partial charge in [-0.3, -0.25) is 27.6 Å². The fourth-order valence-electron chi connectivity index (χ4n) is 8.30. The molecule has 2 aliphatic rings. The molecule has 4 aromatic rings. The zero-order valence-corrected chi connectivity index (χ0v) is 40.0. The maximum Gasteiger partial charge on any atom is 0.304 e. The Morgan fingerprint density at radius 1 is 0.688 bits per heavy atom. The maximum absolute atomic E-state index is 12.7. The van der Waals surface area contributed by atoms with E-state index in [4.69, 9.17) is 5.11 Å². The van der Waals surface area contributed by atoms with E-state index in [1.807, 2.05) is 4.58 Å². The number of carboxylic acid groups (broad SMARTS) is 1. The SMILES string of the molecule is CC1(C)C(/C=C/C=C/C=C2/N(CCCS(=O)(=O)O)c3cc(S(=O)(=O)O)c4sc(S(=O)(=O)O)cc4c3C2(C)C)=[N+](CCCCCC(=O)O)c2c1cc(S(=O)(=O)O)c1sc(S(=O)(=O)O)cc21. The van der Waals surface area contributed by atoms with Gasteiger partial charge in [-0.2, -0.15) is 46.7 Å². The molecule has 0 saturated heterocycles. The highest BCUT2D eigenvalue weighted by Gasteiger charge is 2.47. The van der Waals surface area contributed by atoms with Gasteiger partial charge in [-0.1, -0.05) is 32.1 Å². The number of allylic oxidation sites excluding steroid dienone is 6. The summed E-state index contributed by atoms with van der Waals surface area (Å²) in [5, 5.41) is 9.37. The highest BCUT2D eigenvalue weighted by atomic mass is 32.3. The average Bonchev–Trinajstić information content (AvgIpc) is 3.87. The lowest BCUT2D eigenvalue weighted by Gasteiger charge is -2.27. The van der Waals surface area contributed by atoms with Gasteiger partial charge in [-0.15, -0.1) is 22.7 Å². The lowest BCUT2D eigenvalue weighted by molar-refractivity contribution is -0.436. The third kappa shape index (κ3) is 9.78. The molecule has 2 aromatic carbocycles. The third-order valence-electron chi connectivity index (χ3n) is 11.0. The number of benzene rings is 2. The van der Waals surface area contributed by atoms with E-state index >= 15 is 0 Å². The van der Waals surface area contributed by atoms with E-state index < -0.39 is 91.4 Å². The lowest BCUT2D eigenvalue weighted by Crippen LogP contribution is -2.28. The van der Waals surface area contributed by atoms with Gasteiger partial charge in [-0.25, -0.2) is 0 Å². The zero-order valence-electron chi connectivity index (χ0n) is 34.3. The first-order chi connectivity index (χ1) is 29.3. The van der Waals surface area contributed by atoms with E-state index in [2.05, 4.69) is 0 Å². The average molecular weight is 1020 g/mol. The van der Waals surface area contributed by atoms with E-state index in [-0.39, 0.29) is 51.8 Å². The van der Waals surface area contributed by atoms with Crippen LogP contribution < -0.4 is 4.90 Å². The molecule has 0 fully saturated rings. The predicted octanol–water partition coefficient (Wildman–Crippen LogP) is 6.20. The van der Waals surface area contributed by atoms with Gasteiger partial charge >= 0.3 is 26.2 Å². The number of fused-ring (bicyclic) bond motifs is 6. The van der Waals surface area contributed by atoms with Crippen LogP contribution in [0.15, 0.2) is 78.6 Å². The molecular formula is C38H43N2O17S7+. The Morgan fingerprint density at radius 2 is 1.25 bits per heavy atom. The first-order valence-corrected chi connectivity index (χ1v) is 28.0. The van der Waals surface area contributed by atoms with Gasteiger partial charge in [0.05, 0.1) is 26.0 Å². The molecule has 0 amide bonds. The number of anilines is 1. The molecule has 64 heavy (non-hydrogen) atoms. The predicted molar refractivity (Wildman–Crippen MR) is 240 cm³/mol. The molecule has 19 nitrogen and oxygen atoms in total. The Kier molecular flexibility index (Phi) is 13.2. The number of nitrogens with zero attached hydrogens (tertiary/aromatic N) is 2. The third-order valence-corrected chi connectivity index (χ3v) is 18.8. The molecule has 6 N–H and O–H groups in total. The van der Waals surface area contributed by atoms with Crippen molar-refractivity contribution in [3.05, 3.63) is 71.5 Å². The van der Waals surface area contributed by atoms with Crippen LogP contribution in [0.1, 0.15) is 70.9 Å². The Morgan fingerprint density at radius 3 is 1.80 bits per heavy atom. The van der Waals surface area contributed by atoms with Crippen molar-refractivity contribution in [2.45, 2.75) is 88.8 Å². The number of aliphatic carboxylic acids is 1. The van der Waals surface area contributed by atoms with E-state index in [1.54, 1.807) is 63.0 Å². The van der Waals surface area contributed by atoms with Crippen molar-refractivity contribution in [1.29, 1.82) is 0 Å². The van der Waals surface area contributed by atoms with Crippen LogP contribution in [0, 0.1) is 0 Å². The molecule has 348 valence electrons. The Balaban J connectivity index is 1.49. The molecule has 26 heteroatoms. The number of hydrogen-bond acceptors (Lipinski definition) is 14. The Bertz CT molecular complexity index is 3340. The largest absolute Gasteiger partial charge is 0.481 e. The second kappa shape index (κ2) is 17.1. The number of rotatable bonds is 17. The topological polar surface area (TPSA) is 315 Å². The summed E-state index contributed by atoms with van der Waals surface area (Å²) in [6.07, 6.45) is 9.25. The zero-order chi connectivity index (χ0) is 47.7. The number of thiophene rings is 2. The Hall–Kier alpha value is -3.93. The first kappa shape index (κ1) is 49.5. The summed E-state index contributed by atoms with van der Waals surface area (Å²) >= 11 is 0.898. The Labute approximate surface area is 377 Å². The van der Waals surface area contributed by atoms with Gasteiger partial charge in [0.25, 0.3) is 30.4 Å². The molecule has 4 heterocycles. The molecule has 0 unspecified atom stereocenters. The summed E-state index contributed by atoms with van der Waals surface area (Å²) < 4.78 is 173. The van der Waals surface area contributed by atoms with Crippen LogP contribution in [0.5, 0.6) is 0 Å². The number of hydrogen-bond donors (Lipinski definition) is 6. The van der Waals surface area contributed by atoms with Crippen LogP contribution in [-0.2, 0) is 66.2 Å². The molecule has 0 spiro atoms. The van der Waals surface area contributed by atoms with Gasteiger partial charge in [0.1, 0.15) is 24.8 Å². The summed E-state index contributed by atoms with van der Waals surface area (Å²) in [6, 6.07) is 4.60. The lowest BCUT2D eigenvalue weighted by atomic mass is 9.81. The number of unbranched alkanes of at least 4 members (excludes halogenated alkanes) is 2. The summed E-state index contributed by atoms with van der Waals surface area (Å²) in [5.74, 6) is -1.64. The van der Waals surface area contributed by atoms with Crippen LogP contribution in [0.2, 0.25) is 0 Å². The van der Waals surface area contributed by atoms with Crippen molar-refractivity contribution in [3.63, 3.8) is 0 Å². The number of carboxylic acids is 1. The molecule has 0 atom stereocenters. The highest BCUT2D eigenvalue weighted by molar-refractivity contribution is 7.89. The molecule has 0 bridgehead atoms. The summed E-state index contributed by atoms with van der Waals surface area (Å²) in [4.78, 5) is 11.5. The molecule has 0 saturated carbocycles. The second-order valence-corrected chi connectivity index (χ2v) is 25.9. The molecule has 6 rings (SSSR count). The van der Waals surface area contributed by atoms with Crippen molar-refractivity contribution < 1.29 is 79.3 Å². The summed E-state index contributed by atoms with van der Waals surface area (Å²) in [6.45, 7) is 7.19. The van der Waals surface area contributed by atoms with Crippen LogP contribution in [0.4, 0.5) is 11.4 Å². The smallest absolute Gasteiger partial charge is 0.304 e. The molecule has 0 radical (unpaired) electrons. The molecule has 0 aliphatic carbocycles. The van der Waals surface area contributed by atoms with E-state index in [0.29, 0.717) is 70.2 Å². The highest BCUT2D eigenvalue weighted by Crippen LogP contribution is 2.54. The fourth-order valence-corrected chi connectivity index (χ4v) is 14.4. The van der Waals surface area contributed by atoms with Crippen molar-refractivity contribution in [2.24, 2.45) is 0 Å². The molecular weight excluding hydrogens is 981 g/mol. The van der Waals surface area contributed by atoms with E-state index in [0.717, 1.165) is 18.2 Å². The quantitative estimate of drug-likeness (QED) is 0.0297. The van der Waals surface area contributed by atoms with Crippen molar-refractivity contribution in [3.8, 4) is 0 Å². The monoisotopic (exact) mass is 1020 g/mol. The minimum absolute atomic E-state index is 0.0750. The summed E-state index contributed by atoms with van der Waals surface area (Å²) in [5.41, 5.74) is 0.329. The van der Waals surface area contributed by atoms with Crippen LogP contribution >= 0.6 is 22.7 Å². The van der Waals surface area contributed by atoms with E-state index in [1.165, 1.54) is 6.07 Å². The van der Waals surface area contributed by atoms with Crippen LogP contribution in [0.3, 0.4) is 0 Å². The van der Waals surface area contributed by atoms with Gasteiger partial charge in [0.15, 0.2) is 5.71 Å². The standard InChI is InChI=1S/C38H42N2O17S7/c1-37(2)24-20-26(61(46,47)48)36-23(19-32(59-36)64(55,56)57)34(24)40(15-10-6-9-14-30(41)42)28(37)12-7-5-8-13-29-38(3,4)33-22-18-31(63(52,53)54)58-35(22)27(62(49,50)51)21-25(33)39(29)16-11-17-60(43,44)45/h5,7-8,12-13,18-21H,6,9-11,14-17H2,1-4H3,(H5-,41,42,43,44,45,46,47,48,49,50,51,52,53,54,55,56,57)/p+1. The maximum atomic E-state index is 12.7. The van der Waals surface area contributed by atoms with Crippen molar-refractivity contribution in [1.82, 2.24) is 0 Å². The normalized spacial score (nSPS) is 17.5. The van der Waals surface area contributed by atoms with Gasteiger partial charge in [0, 0.05) is 53.2 Å². The second-order valence-electron chi connectivity index (χ2n) is 16.1. The van der Waals surface area contributed by atoms with Crippen molar-refractivity contribution in [2.75, 3.05) is 23.7 Å². The van der Waals surface area contributed by atoms with E-state index in [9.17, 15) is 69.6 Å².